The van der Waals surface area contributed by atoms with E-state index in [0.29, 0.717) is 32.1 Å². The standard InChI is InChI=1S/C22H35N7O2/c1-15(2)29-20-17(13-25-29)19(24-14-22(3)9-4-5-18(30)28-22)26-21(27-20)23-10-12-31-11-8-16-6-7-16/h13,15-16H,4-12,14H2,1-3H3,(H,28,30)(H2,23,24,26,27). The number of nitrogens with zero attached hydrogens (tertiary/aromatic N) is 4. The van der Waals surface area contributed by atoms with Crippen LogP contribution < -0.4 is 16.0 Å². The minimum Gasteiger partial charge on any atom is -0.380 e. The van der Waals surface area contributed by atoms with Crippen LogP contribution in [0.1, 0.15) is 65.3 Å². The van der Waals surface area contributed by atoms with Crippen LogP contribution in [-0.2, 0) is 9.53 Å². The lowest BCUT2D eigenvalue weighted by Gasteiger charge is -2.34. The van der Waals surface area contributed by atoms with E-state index < -0.39 is 0 Å². The van der Waals surface area contributed by atoms with Gasteiger partial charge in [-0.25, -0.2) is 4.68 Å². The average Bonchev–Trinajstić information content (AvgIpc) is 3.44. The SMILES string of the molecule is CC(C)n1ncc2c(NCC3(C)CCCC(=O)N3)nc(NCCOCCC3CC3)nc21. The van der Waals surface area contributed by atoms with Crippen molar-refractivity contribution < 1.29 is 9.53 Å². The summed E-state index contributed by atoms with van der Waals surface area (Å²) in [4.78, 5) is 21.3. The third-order valence-corrected chi connectivity index (χ3v) is 6.06. The summed E-state index contributed by atoms with van der Waals surface area (Å²) in [6.07, 6.45) is 8.14. The van der Waals surface area contributed by atoms with Gasteiger partial charge >= 0.3 is 0 Å². The van der Waals surface area contributed by atoms with Crippen LogP contribution in [0.5, 0.6) is 0 Å². The second-order valence-electron chi connectivity index (χ2n) is 9.40. The lowest BCUT2D eigenvalue weighted by molar-refractivity contribution is -0.124. The molecule has 3 N–H and O–H groups in total. The molecule has 1 unspecified atom stereocenters. The first-order valence-electron chi connectivity index (χ1n) is 11.6. The summed E-state index contributed by atoms with van der Waals surface area (Å²) in [5.74, 6) is 2.29. The maximum absolute atomic E-state index is 11.9. The molecule has 1 amide bonds. The maximum atomic E-state index is 11.9. The van der Waals surface area contributed by atoms with E-state index in [1.165, 1.54) is 19.3 Å². The summed E-state index contributed by atoms with van der Waals surface area (Å²) >= 11 is 0. The summed E-state index contributed by atoms with van der Waals surface area (Å²) in [6.45, 7) is 8.95. The van der Waals surface area contributed by atoms with E-state index >= 15 is 0 Å². The number of hydrogen-bond acceptors (Lipinski definition) is 7. The first-order valence-corrected chi connectivity index (χ1v) is 11.6. The van der Waals surface area contributed by atoms with Crippen LogP contribution in [0.3, 0.4) is 0 Å². The number of ether oxygens (including phenoxy) is 1. The van der Waals surface area contributed by atoms with Gasteiger partial charge in [0, 0.05) is 32.2 Å². The van der Waals surface area contributed by atoms with E-state index in [9.17, 15) is 4.79 Å². The van der Waals surface area contributed by atoms with E-state index in [1.54, 1.807) is 0 Å². The number of amides is 1. The van der Waals surface area contributed by atoms with Gasteiger partial charge in [0.1, 0.15) is 5.82 Å². The zero-order chi connectivity index (χ0) is 21.8. The molecule has 0 aromatic carbocycles. The predicted molar refractivity (Wildman–Crippen MR) is 121 cm³/mol. The van der Waals surface area contributed by atoms with Crippen LogP contribution in [0, 0.1) is 5.92 Å². The van der Waals surface area contributed by atoms with Crippen LogP contribution >= 0.6 is 0 Å². The van der Waals surface area contributed by atoms with Crippen molar-refractivity contribution in [2.24, 2.45) is 5.92 Å². The monoisotopic (exact) mass is 429 g/mol. The Morgan fingerprint density at radius 1 is 1.29 bits per heavy atom. The van der Waals surface area contributed by atoms with Crippen molar-refractivity contribution >= 4 is 28.7 Å². The minimum absolute atomic E-state index is 0.111. The number of nitrogens with one attached hydrogen (secondary N) is 3. The molecule has 1 saturated heterocycles. The van der Waals surface area contributed by atoms with Gasteiger partial charge in [0.2, 0.25) is 11.9 Å². The highest BCUT2D eigenvalue weighted by molar-refractivity contribution is 5.87. The Labute approximate surface area is 183 Å². The molecule has 1 aliphatic carbocycles. The second kappa shape index (κ2) is 9.38. The predicted octanol–water partition coefficient (Wildman–Crippen LogP) is 3.11. The largest absolute Gasteiger partial charge is 0.380 e. The Hall–Kier alpha value is -2.42. The molecule has 3 heterocycles. The van der Waals surface area contributed by atoms with E-state index in [1.807, 2.05) is 10.9 Å². The fourth-order valence-corrected chi connectivity index (χ4v) is 4.02. The molecule has 2 aromatic rings. The normalized spacial score (nSPS) is 21.5. The van der Waals surface area contributed by atoms with E-state index in [2.05, 4.69) is 41.8 Å². The Morgan fingerprint density at radius 2 is 2.13 bits per heavy atom. The second-order valence-corrected chi connectivity index (χ2v) is 9.40. The summed E-state index contributed by atoms with van der Waals surface area (Å²) < 4.78 is 7.64. The molecule has 1 saturated carbocycles. The fraction of sp³-hybridized carbons (Fsp3) is 0.727. The van der Waals surface area contributed by atoms with Crippen molar-refractivity contribution in [3.63, 3.8) is 0 Å². The van der Waals surface area contributed by atoms with Gasteiger partial charge in [-0.05, 0) is 46.0 Å². The van der Waals surface area contributed by atoms with Crippen molar-refractivity contribution in [1.82, 2.24) is 25.1 Å². The molecule has 9 heteroatoms. The molecule has 31 heavy (non-hydrogen) atoms. The highest BCUT2D eigenvalue weighted by atomic mass is 16.5. The molecule has 2 aromatic heterocycles. The van der Waals surface area contributed by atoms with Gasteiger partial charge in [-0.3, -0.25) is 4.79 Å². The first-order chi connectivity index (χ1) is 14.9. The zero-order valence-electron chi connectivity index (χ0n) is 18.9. The maximum Gasteiger partial charge on any atom is 0.226 e. The van der Waals surface area contributed by atoms with Gasteiger partial charge in [0.15, 0.2) is 5.65 Å². The molecule has 2 aliphatic rings. The molecule has 0 radical (unpaired) electrons. The number of carbonyl (C=O) groups excluding carboxylic acids is 1. The molecule has 4 rings (SSSR count). The number of aromatic nitrogens is 4. The van der Waals surface area contributed by atoms with Gasteiger partial charge in [0.25, 0.3) is 0 Å². The van der Waals surface area contributed by atoms with Gasteiger partial charge in [-0.1, -0.05) is 12.8 Å². The highest BCUT2D eigenvalue weighted by Gasteiger charge is 2.30. The zero-order valence-corrected chi connectivity index (χ0v) is 18.9. The van der Waals surface area contributed by atoms with Crippen molar-refractivity contribution in [2.75, 3.05) is 36.9 Å². The molecule has 0 spiro atoms. The van der Waals surface area contributed by atoms with Crippen LogP contribution in [0.25, 0.3) is 11.0 Å². The smallest absolute Gasteiger partial charge is 0.226 e. The number of carbonyl (C=O) groups is 1. The van der Waals surface area contributed by atoms with Crippen molar-refractivity contribution in [1.29, 1.82) is 0 Å². The molecular weight excluding hydrogens is 394 g/mol. The molecule has 1 aliphatic heterocycles. The molecule has 0 bridgehead atoms. The number of piperidine rings is 1. The van der Waals surface area contributed by atoms with Gasteiger partial charge in [-0.15, -0.1) is 0 Å². The topological polar surface area (TPSA) is 106 Å². The fourth-order valence-electron chi connectivity index (χ4n) is 4.02. The van der Waals surface area contributed by atoms with Crippen LogP contribution in [-0.4, -0.2) is 57.5 Å². The summed E-state index contributed by atoms with van der Waals surface area (Å²) in [5, 5.41) is 15.3. The Morgan fingerprint density at radius 3 is 2.87 bits per heavy atom. The molecule has 9 nitrogen and oxygen atoms in total. The minimum atomic E-state index is -0.288. The molecule has 2 fully saturated rings. The Bertz CT molecular complexity index is 909. The quantitative estimate of drug-likeness (QED) is 0.471. The lowest BCUT2D eigenvalue weighted by Crippen LogP contribution is -2.53. The molecule has 1 atom stereocenters. The summed E-state index contributed by atoms with van der Waals surface area (Å²) in [5.41, 5.74) is 0.506. The summed E-state index contributed by atoms with van der Waals surface area (Å²) in [7, 11) is 0. The van der Waals surface area contributed by atoms with E-state index in [4.69, 9.17) is 14.7 Å². The van der Waals surface area contributed by atoms with Crippen molar-refractivity contribution in [2.45, 2.75) is 70.9 Å². The first kappa shape index (κ1) is 21.8. The van der Waals surface area contributed by atoms with Crippen molar-refractivity contribution in [3.05, 3.63) is 6.20 Å². The third kappa shape index (κ3) is 5.64. The van der Waals surface area contributed by atoms with Crippen molar-refractivity contribution in [3.8, 4) is 0 Å². The lowest BCUT2D eigenvalue weighted by atomic mass is 9.90. The number of anilines is 2. The number of rotatable bonds is 11. The van der Waals surface area contributed by atoms with Crippen LogP contribution in [0.2, 0.25) is 0 Å². The third-order valence-electron chi connectivity index (χ3n) is 6.06. The number of hydrogen-bond donors (Lipinski definition) is 3. The van der Waals surface area contributed by atoms with Crippen LogP contribution in [0.4, 0.5) is 11.8 Å². The molecular formula is C22H35N7O2. The van der Waals surface area contributed by atoms with E-state index in [-0.39, 0.29) is 17.5 Å². The summed E-state index contributed by atoms with van der Waals surface area (Å²) in [6, 6.07) is 0.189. The Kier molecular flexibility index (Phi) is 6.60. The average molecular weight is 430 g/mol. The van der Waals surface area contributed by atoms with E-state index in [0.717, 1.165) is 42.2 Å². The van der Waals surface area contributed by atoms with Gasteiger partial charge in [0.05, 0.1) is 23.7 Å². The van der Waals surface area contributed by atoms with Gasteiger partial charge in [-0.2, -0.15) is 15.1 Å². The Balaban J connectivity index is 1.44. The van der Waals surface area contributed by atoms with Crippen LogP contribution in [0.15, 0.2) is 6.20 Å². The number of fused-ring (bicyclic) bond motifs is 1. The van der Waals surface area contributed by atoms with Gasteiger partial charge < -0.3 is 20.7 Å². The molecule has 170 valence electrons. The highest BCUT2D eigenvalue weighted by Crippen LogP contribution is 2.32.